The Hall–Kier alpha value is -4.13. The highest BCUT2D eigenvalue weighted by Gasteiger charge is 2.47. The van der Waals surface area contributed by atoms with Gasteiger partial charge in [-0.3, -0.25) is 14.5 Å². The molecule has 3 aromatic rings. The zero-order valence-corrected chi connectivity index (χ0v) is 19.4. The minimum Gasteiger partial charge on any atom is -0.507 e. The van der Waals surface area contributed by atoms with Gasteiger partial charge < -0.3 is 14.7 Å². The lowest BCUT2D eigenvalue weighted by Gasteiger charge is -2.27. The topological polar surface area (TPSA) is 70.1 Å². The number of methoxy groups -OCH3 is 1. The van der Waals surface area contributed by atoms with E-state index in [9.17, 15) is 19.1 Å². The predicted octanol–water partition coefficient (Wildman–Crippen LogP) is 4.84. The first-order valence-electron chi connectivity index (χ1n) is 10.7. The lowest BCUT2D eigenvalue weighted by Crippen LogP contribution is -2.29. The quantitative estimate of drug-likeness (QED) is 0.335. The van der Waals surface area contributed by atoms with Crippen LogP contribution in [-0.4, -0.2) is 38.0 Å². The third-order valence-electron chi connectivity index (χ3n) is 5.99. The lowest BCUT2D eigenvalue weighted by atomic mass is 9.92. The number of ketones is 1. The normalized spacial score (nSPS) is 17.2. The Kier molecular flexibility index (Phi) is 6.11. The number of carbonyl (C=O) groups excluding carboxylic acids is 2. The van der Waals surface area contributed by atoms with Crippen molar-refractivity contribution >= 4 is 28.8 Å². The van der Waals surface area contributed by atoms with Crippen LogP contribution in [0, 0.1) is 12.7 Å². The zero-order valence-electron chi connectivity index (χ0n) is 19.4. The van der Waals surface area contributed by atoms with Crippen molar-refractivity contribution < 1.29 is 23.8 Å². The van der Waals surface area contributed by atoms with Gasteiger partial charge in [0.15, 0.2) is 0 Å². The average Bonchev–Trinajstić information content (AvgIpc) is 3.09. The minimum atomic E-state index is -0.903. The average molecular weight is 461 g/mol. The highest BCUT2D eigenvalue weighted by Crippen LogP contribution is 2.44. The molecule has 0 radical (unpaired) electrons. The van der Waals surface area contributed by atoms with E-state index >= 15 is 0 Å². The molecule has 1 saturated heterocycles. The number of ether oxygens (including phenoxy) is 1. The van der Waals surface area contributed by atoms with E-state index in [1.165, 1.54) is 24.1 Å². The zero-order chi connectivity index (χ0) is 24.6. The molecular weight excluding hydrogens is 435 g/mol. The van der Waals surface area contributed by atoms with E-state index in [0.29, 0.717) is 11.3 Å². The second kappa shape index (κ2) is 9.02. The Morgan fingerprint density at radius 3 is 2.32 bits per heavy atom. The van der Waals surface area contributed by atoms with Crippen molar-refractivity contribution in [3.05, 3.63) is 94.8 Å². The van der Waals surface area contributed by atoms with E-state index in [2.05, 4.69) is 0 Å². The molecule has 1 fully saturated rings. The predicted molar refractivity (Wildman–Crippen MR) is 130 cm³/mol. The van der Waals surface area contributed by atoms with Crippen molar-refractivity contribution in [3.8, 4) is 5.75 Å². The summed E-state index contributed by atoms with van der Waals surface area (Å²) in [5, 5.41) is 11.3. The number of halogens is 1. The molecule has 3 aromatic carbocycles. The molecule has 4 rings (SSSR count). The van der Waals surface area contributed by atoms with Gasteiger partial charge in [0.1, 0.15) is 17.3 Å². The second-order valence-corrected chi connectivity index (χ2v) is 8.28. The molecule has 0 bridgehead atoms. The van der Waals surface area contributed by atoms with Crippen LogP contribution in [0.1, 0.15) is 22.7 Å². The van der Waals surface area contributed by atoms with E-state index < -0.39 is 29.3 Å². The number of aliphatic hydroxyl groups excluding tert-OH is 1. The number of Topliss-reactive ketones (excluding diaryl/α,β-unsaturated/α-hetero) is 1. The highest BCUT2D eigenvalue weighted by atomic mass is 19.1. The maximum Gasteiger partial charge on any atom is 0.300 e. The van der Waals surface area contributed by atoms with Crippen LogP contribution < -0.4 is 14.5 Å². The molecule has 1 atom stereocenters. The molecule has 0 aromatic heterocycles. The summed E-state index contributed by atoms with van der Waals surface area (Å²) >= 11 is 0. The minimum absolute atomic E-state index is 0.00189. The van der Waals surface area contributed by atoms with Crippen LogP contribution in [0.25, 0.3) is 5.76 Å². The molecule has 34 heavy (non-hydrogen) atoms. The summed E-state index contributed by atoms with van der Waals surface area (Å²) in [6.07, 6.45) is 0. The largest absolute Gasteiger partial charge is 0.507 e. The van der Waals surface area contributed by atoms with Crippen LogP contribution in [0.3, 0.4) is 0 Å². The fourth-order valence-electron chi connectivity index (χ4n) is 4.21. The third-order valence-corrected chi connectivity index (χ3v) is 5.99. The second-order valence-electron chi connectivity index (χ2n) is 8.28. The van der Waals surface area contributed by atoms with Crippen LogP contribution in [0.15, 0.2) is 72.3 Å². The van der Waals surface area contributed by atoms with Gasteiger partial charge in [0.25, 0.3) is 11.7 Å². The molecule has 0 saturated carbocycles. The van der Waals surface area contributed by atoms with Gasteiger partial charge >= 0.3 is 0 Å². The van der Waals surface area contributed by atoms with Crippen LogP contribution in [0.2, 0.25) is 0 Å². The summed E-state index contributed by atoms with van der Waals surface area (Å²) in [6, 6.07) is 17.3. The fraction of sp³-hybridized carbons (Fsp3) is 0.185. The maximum atomic E-state index is 14.1. The van der Waals surface area contributed by atoms with Crippen molar-refractivity contribution in [2.45, 2.75) is 13.0 Å². The molecule has 1 N–H and O–H groups in total. The number of hydrogen-bond donors (Lipinski definition) is 1. The molecule has 6 nitrogen and oxygen atoms in total. The molecular formula is C27H25FN2O4. The first-order valence-corrected chi connectivity index (χ1v) is 10.7. The number of hydrogen-bond acceptors (Lipinski definition) is 5. The number of aryl methyl sites for hydroxylation is 1. The standard InChI is InChI=1S/C27H25FN2O4/c1-16-7-5-6-8-20(16)24-23(25(31)21-15-17(28)9-14-22(21)34-4)26(32)27(33)30(24)19-12-10-18(11-13-19)29(2)3/h5-15,24,31H,1-4H3/b25-23+. The molecule has 7 heteroatoms. The maximum absolute atomic E-state index is 14.1. The molecule has 174 valence electrons. The summed E-state index contributed by atoms with van der Waals surface area (Å²) < 4.78 is 19.4. The number of rotatable bonds is 5. The summed E-state index contributed by atoms with van der Waals surface area (Å²) in [6.45, 7) is 1.87. The van der Waals surface area contributed by atoms with E-state index in [1.54, 1.807) is 18.2 Å². The number of aliphatic hydroxyl groups is 1. The smallest absolute Gasteiger partial charge is 0.300 e. The summed E-state index contributed by atoms with van der Waals surface area (Å²) in [5.41, 5.74) is 2.82. The monoisotopic (exact) mass is 460 g/mol. The van der Waals surface area contributed by atoms with Crippen molar-refractivity contribution in [1.29, 1.82) is 0 Å². The molecule has 1 aliphatic heterocycles. The van der Waals surface area contributed by atoms with Gasteiger partial charge in [-0.15, -0.1) is 0 Å². The van der Waals surface area contributed by atoms with Crippen molar-refractivity contribution in [3.63, 3.8) is 0 Å². The Balaban J connectivity index is 1.97. The summed E-state index contributed by atoms with van der Waals surface area (Å²) in [5.74, 6) is -2.54. The van der Waals surface area contributed by atoms with E-state index in [1.807, 2.05) is 56.3 Å². The Bertz CT molecular complexity index is 1300. The number of amides is 1. The van der Waals surface area contributed by atoms with Crippen LogP contribution in [0.4, 0.5) is 15.8 Å². The van der Waals surface area contributed by atoms with Crippen molar-refractivity contribution in [2.75, 3.05) is 31.0 Å². The molecule has 1 unspecified atom stereocenters. The molecule has 1 amide bonds. The molecule has 1 aliphatic rings. The van der Waals surface area contributed by atoms with Crippen LogP contribution in [-0.2, 0) is 9.59 Å². The first-order chi connectivity index (χ1) is 16.2. The van der Waals surface area contributed by atoms with Crippen LogP contribution in [0.5, 0.6) is 5.75 Å². The highest BCUT2D eigenvalue weighted by molar-refractivity contribution is 6.51. The third kappa shape index (κ3) is 3.90. The van der Waals surface area contributed by atoms with Gasteiger partial charge in [0, 0.05) is 25.5 Å². The Morgan fingerprint density at radius 2 is 1.71 bits per heavy atom. The van der Waals surface area contributed by atoms with Gasteiger partial charge in [-0.1, -0.05) is 24.3 Å². The molecule has 0 aliphatic carbocycles. The number of anilines is 2. The van der Waals surface area contributed by atoms with Gasteiger partial charge in [-0.2, -0.15) is 0 Å². The Morgan fingerprint density at radius 1 is 1.03 bits per heavy atom. The van der Waals surface area contributed by atoms with Crippen molar-refractivity contribution in [1.82, 2.24) is 0 Å². The van der Waals surface area contributed by atoms with Gasteiger partial charge in [0.05, 0.1) is 24.3 Å². The van der Waals surface area contributed by atoms with Gasteiger partial charge in [-0.25, -0.2) is 4.39 Å². The number of benzene rings is 3. The fourth-order valence-corrected chi connectivity index (χ4v) is 4.21. The number of nitrogens with zero attached hydrogens (tertiary/aromatic N) is 2. The summed E-state index contributed by atoms with van der Waals surface area (Å²) in [7, 11) is 5.19. The van der Waals surface area contributed by atoms with Crippen LogP contribution >= 0.6 is 0 Å². The SMILES string of the molecule is COc1ccc(F)cc1/C(O)=C1\C(=O)C(=O)N(c2ccc(N(C)C)cc2)C1c1ccccc1C. The number of carbonyl (C=O) groups is 2. The summed E-state index contributed by atoms with van der Waals surface area (Å²) in [4.78, 5) is 29.9. The molecule has 1 heterocycles. The Labute approximate surface area is 197 Å². The van der Waals surface area contributed by atoms with Gasteiger partial charge in [-0.05, 0) is 60.5 Å². The molecule has 0 spiro atoms. The van der Waals surface area contributed by atoms with Crippen molar-refractivity contribution in [2.24, 2.45) is 0 Å². The first kappa shape index (κ1) is 23.0. The van der Waals surface area contributed by atoms with E-state index in [0.717, 1.165) is 17.3 Å². The van der Waals surface area contributed by atoms with E-state index in [4.69, 9.17) is 4.74 Å². The van der Waals surface area contributed by atoms with Gasteiger partial charge in [0.2, 0.25) is 0 Å². The lowest BCUT2D eigenvalue weighted by molar-refractivity contribution is -0.132. The van der Waals surface area contributed by atoms with E-state index in [-0.39, 0.29) is 16.9 Å².